The molecule has 1 aromatic carbocycles. The molecule has 4 heteroatoms. The summed E-state index contributed by atoms with van der Waals surface area (Å²) in [7, 11) is 0. The van der Waals surface area contributed by atoms with E-state index in [1.807, 2.05) is 42.6 Å². The van der Waals surface area contributed by atoms with Gasteiger partial charge in [0.05, 0.1) is 10.7 Å². The van der Waals surface area contributed by atoms with Crippen LogP contribution in [0.4, 0.5) is 0 Å². The van der Waals surface area contributed by atoms with Crippen molar-refractivity contribution in [3.8, 4) is 0 Å². The van der Waals surface area contributed by atoms with Gasteiger partial charge in [0.2, 0.25) is 0 Å². The van der Waals surface area contributed by atoms with E-state index in [4.69, 9.17) is 11.6 Å². The van der Waals surface area contributed by atoms with Crippen LogP contribution in [0.3, 0.4) is 0 Å². The van der Waals surface area contributed by atoms with Crippen LogP contribution in [-0.2, 0) is 6.54 Å². The third-order valence-electron chi connectivity index (χ3n) is 2.73. The Kier molecular flexibility index (Phi) is 4.75. The Hall–Kier alpha value is -0.900. The first kappa shape index (κ1) is 13.5. The van der Waals surface area contributed by atoms with Crippen molar-refractivity contribution >= 4 is 27.5 Å². The monoisotopic (exact) mass is 324 g/mol. The highest BCUT2D eigenvalue weighted by molar-refractivity contribution is 9.10. The van der Waals surface area contributed by atoms with Crippen LogP contribution in [0.1, 0.15) is 24.2 Å². The number of hydrogen-bond donors (Lipinski definition) is 1. The average Bonchev–Trinajstić information content (AvgIpc) is 2.41. The Balaban J connectivity index is 1.97. The molecule has 0 bridgehead atoms. The van der Waals surface area contributed by atoms with Gasteiger partial charge in [-0.05, 0) is 52.7 Å². The van der Waals surface area contributed by atoms with Crippen molar-refractivity contribution in [3.05, 3.63) is 63.3 Å². The van der Waals surface area contributed by atoms with Crippen molar-refractivity contribution in [2.75, 3.05) is 0 Å². The number of aromatic nitrogens is 1. The Morgan fingerprint density at radius 1 is 1.33 bits per heavy atom. The van der Waals surface area contributed by atoms with Crippen LogP contribution >= 0.6 is 27.5 Å². The molecule has 2 nitrogen and oxygen atoms in total. The van der Waals surface area contributed by atoms with Crippen LogP contribution in [0.5, 0.6) is 0 Å². The minimum absolute atomic E-state index is 0.223. The van der Waals surface area contributed by atoms with Crippen molar-refractivity contribution in [2.24, 2.45) is 0 Å². The van der Waals surface area contributed by atoms with Gasteiger partial charge in [0.15, 0.2) is 0 Å². The first-order chi connectivity index (χ1) is 8.66. The lowest BCUT2D eigenvalue weighted by molar-refractivity contribution is 0.561. The number of benzene rings is 1. The van der Waals surface area contributed by atoms with E-state index in [2.05, 4.69) is 33.2 Å². The predicted molar refractivity (Wildman–Crippen MR) is 78.6 cm³/mol. The van der Waals surface area contributed by atoms with Crippen molar-refractivity contribution in [2.45, 2.75) is 19.5 Å². The molecular weight excluding hydrogens is 312 g/mol. The molecule has 1 unspecified atom stereocenters. The van der Waals surface area contributed by atoms with Gasteiger partial charge in [-0.2, -0.15) is 0 Å². The summed E-state index contributed by atoms with van der Waals surface area (Å²) in [5.41, 5.74) is 2.24. The summed E-state index contributed by atoms with van der Waals surface area (Å²) >= 11 is 9.39. The molecule has 1 atom stereocenters. The highest BCUT2D eigenvalue weighted by atomic mass is 79.9. The van der Waals surface area contributed by atoms with Crippen LogP contribution in [0.2, 0.25) is 5.02 Å². The SMILES string of the molecule is CC(NCc1ccc(Cl)c(Br)c1)c1ccccn1. The van der Waals surface area contributed by atoms with Gasteiger partial charge in [0.1, 0.15) is 0 Å². The summed E-state index contributed by atoms with van der Waals surface area (Å²) in [6, 6.07) is 12.1. The Morgan fingerprint density at radius 3 is 2.83 bits per heavy atom. The molecule has 0 fully saturated rings. The number of pyridine rings is 1. The van der Waals surface area contributed by atoms with Gasteiger partial charge in [-0.3, -0.25) is 4.98 Å². The zero-order chi connectivity index (χ0) is 13.0. The Bertz CT molecular complexity index is 516. The van der Waals surface area contributed by atoms with E-state index in [1.54, 1.807) is 0 Å². The van der Waals surface area contributed by atoms with Crippen molar-refractivity contribution in [1.29, 1.82) is 0 Å². The average molecular weight is 326 g/mol. The summed E-state index contributed by atoms with van der Waals surface area (Å²) in [5.74, 6) is 0. The molecule has 2 rings (SSSR count). The summed E-state index contributed by atoms with van der Waals surface area (Å²) in [6.07, 6.45) is 1.81. The van der Waals surface area contributed by atoms with E-state index in [0.29, 0.717) is 0 Å². The molecule has 0 aliphatic carbocycles. The summed E-state index contributed by atoms with van der Waals surface area (Å²) in [5, 5.41) is 4.17. The van der Waals surface area contributed by atoms with Crippen LogP contribution in [0.15, 0.2) is 47.1 Å². The third kappa shape index (κ3) is 3.55. The second-order valence-corrected chi connectivity index (χ2v) is 5.37. The summed E-state index contributed by atoms with van der Waals surface area (Å²) in [6.45, 7) is 2.89. The van der Waals surface area contributed by atoms with Crippen molar-refractivity contribution in [3.63, 3.8) is 0 Å². The molecule has 18 heavy (non-hydrogen) atoms. The van der Waals surface area contributed by atoms with Gasteiger partial charge >= 0.3 is 0 Å². The van der Waals surface area contributed by atoms with Crippen LogP contribution in [0, 0.1) is 0 Å². The zero-order valence-electron chi connectivity index (χ0n) is 10.0. The van der Waals surface area contributed by atoms with Gasteiger partial charge in [-0.25, -0.2) is 0 Å². The van der Waals surface area contributed by atoms with E-state index in [-0.39, 0.29) is 6.04 Å². The number of rotatable bonds is 4. The molecule has 0 saturated heterocycles. The van der Waals surface area contributed by atoms with E-state index < -0.39 is 0 Å². The largest absolute Gasteiger partial charge is 0.305 e. The van der Waals surface area contributed by atoms with E-state index in [1.165, 1.54) is 5.56 Å². The minimum atomic E-state index is 0.223. The first-order valence-electron chi connectivity index (χ1n) is 5.75. The van der Waals surface area contributed by atoms with Gasteiger partial charge in [-0.15, -0.1) is 0 Å². The molecule has 2 aromatic rings. The highest BCUT2D eigenvalue weighted by Crippen LogP contribution is 2.23. The van der Waals surface area contributed by atoms with Gasteiger partial charge in [0.25, 0.3) is 0 Å². The molecule has 1 heterocycles. The third-order valence-corrected chi connectivity index (χ3v) is 3.94. The molecule has 0 radical (unpaired) electrons. The lowest BCUT2D eigenvalue weighted by Gasteiger charge is -2.13. The fourth-order valence-electron chi connectivity index (χ4n) is 1.66. The molecule has 0 aliphatic rings. The molecule has 1 aromatic heterocycles. The minimum Gasteiger partial charge on any atom is -0.305 e. The van der Waals surface area contributed by atoms with Crippen molar-refractivity contribution < 1.29 is 0 Å². The van der Waals surface area contributed by atoms with Gasteiger partial charge < -0.3 is 5.32 Å². The number of nitrogens with one attached hydrogen (secondary N) is 1. The zero-order valence-corrected chi connectivity index (χ0v) is 12.4. The van der Waals surface area contributed by atoms with E-state index in [9.17, 15) is 0 Å². The fraction of sp³-hybridized carbons (Fsp3) is 0.214. The second-order valence-electron chi connectivity index (χ2n) is 4.11. The molecule has 0 saturated carbocycles. The number of hydrogen-bond acceptors (Lipinski definition) is 2. The lowest BCUT2D eigenvalue weighted by Crippen LogP contribution is -2.18. The van der Waals surface area contributed by atoms with E-state index in [0.717, 1.165) is 21.7 Å². The van der Waals surface area contributed by atoms with Gasteiger partial charge in [-0.1, -0.05) is 23.7 Å². The maximum absolute atomic E-state index is 5.96. The highest BCUT2D eigenvalue weighted by Gasteiger charge is 2.06. The normalized spacial score (nSPS) is 12.4. The maximum atomic E-state index is 5.96. The van der Waals surface area contributed by atoms with E-state index >= 15 is 0 Å². The standard InChI is InChI=1S/C14H14BrClN2/c1-10(14-4-2-3-7-17-14)18-9-11-5-6-13(16)12(15)8-11/h2-8,10,18H,9H2,1H3. The molecular formula is C14H14BrClN2. The first-order valence-corrected chi connectivity index (χ1v) is 6.92. The van der Waals surface area contributed by atoms with Crippen LogP contribution in [-0.4, -0.2) is 4.98 Å². The Labute approximate surface area is 121 Å². The molecule has 0 amide bonds. The summed E-state index contributed by atoms with van der Waals surface area (Å²) in [4.78, 5) is 4.33. The fourth-order valence-corrected chi connectivity index (χ4v) is 2.20. The van der Waals surface area contributed by atoms with Crippen LogP contribution in [0.25, 0.3) is 0 Å². The van der Waals surface area contributed by atoms with Crippen molar-refractivity contribution in [1.82, 2.24) is 10.3 Å². The maximum Gasteiger partial charge on any atom is 0.0570 e. The molecule has 94 valence electrons. The second kappa shape index (κ2) is 6.32. The molecule has 0 spiro atoms. The van der Waals surface area contributed by atoms with Crippen LogP contribution < -0.4 is 5.32 Å². The topological polar surface area (TPSA) is 24.9 Å². The molecule has 1 N–H and O–H groups in total. The number of nitrogens with zero attached hydrogens (tertiary/aromatic N) is 1. The van der Waals surface area contributed by atoms with Gasteiger partial charge in [0, 0.05) is 23.3 Å². The summed E-state index contributed by atoms with van der Waals surface area (Å²) < 4.78 is 0.925. The number of halogens is 2. The predicted octanol–water partition coefficient (Wildman–Crippen LogP) is 4.35. The lowest BCUT2D eigenvalue weighted by atomic mass is 10.2. The smallest absolute Gasteiger partial charge is 0.0570 e. The molecule has 0 aliphatic heterocycles. The Morgan fingerprint density at radius 2 is 2.17 bits per heavy atom. The quantitative estimate of drug-likeness (QED) is 0.904.